The second-order valence-electron chi connectivity index (χ2n) is 10.00. The summed E-state index contributed by atoms with van der Waals surface area (Å²) in [6.45, 7) is 7.01. The molecular weight excluding hydrogens is 356 g/mol. The lowest BCUT2D eigenvalue weighted by molar-refractivity contribution is -0.136. The Balaban J connectivity index is 1.59. The molecule has 0 aromatic carbocycles. The van der Waals surface area contributed by atoms with Gasteiger partial charge in [0, 0.05) is 6.04 Å². The molecular formula is C21H36N4O3. The number of carbonyl (C=O) groups excluding carboxylic acids is 3. The van der Waals surface area contributed by atoms with Crippen molar-refractivity contribution in [3.8, 4) is 0 Å². The van der Waals surface area contributed by atoms with E-state index in [2.05, 4.69) is 31.4 Å². The molecule has 1 aliphatic heterocycles. The molecule has 28 heavy (non-hydrogen) atoms. The van der Waals surface area contributed by atoms with Crippen LogP contribution >= 0.6 is 0 Å². The van der Waals surface area contributed by atoms with Crippen molar-refractivity contribution in [2.45, 2.75) is 83.7 Å². The van der Waals surface area contributed by atoms with Crippen molar-refractivity contribution in [1.29, 1.82) is 0 Å². The predicted molar refractivity (Wildman–Crippen MR) is 107 cm³/mol. The number of hydrogen-bond acceptors (Lipinski definition) is 4. The summed E-state index contributed by atoms with van der Waals surface area (Å²) in [5.74, 6) is 0.313. The molecule has 0 bridgehead atoms. The van der Waals surface area contributed by atoms with Crippen molar-refractivity contribution in [3.05, 3.63) is 0 Å². The van der Waals surface area contributed by atoms with Crippen molar-refractivity contribution in [1.82, 2.24) is 15.5 Å². The highest BCUT2D eigenvalue weighted by Crippen LogP contribution is 2.43. The van der Waals surface area contributed by atoms with Crippen LogP contribution in [0.5, 0.6) is 0 Å². The van der Waals surface area contributed by atoms with Crippen molar-refractivity contribution in [3.63, 3.8) is 0 Å². The summed E-state index contributed by atoms with van der Waals surface area (Å²) in [5, 5.41) is 5.92. The minimum Gasteiger partial charge on any atom is -0.351 e. The van der Waals surface area contributed by atoms with Crippen LogP contribution < -0.4 is 16.4 Å². The van der Waals surface area contributed by atoms with Crippen molar-refractivity contribution in [2.24, 2.45) is 23.0 Å². The fourth-order valence-corrected chi connectivity index (χ4v) is 5.21. The van der Waals surface area contributed by atoms with Crippen LogP contribution in [0.4, 0.5) is 4.79 Å². The van der Waals surface area contributed by atoms with Crippen LogP contribution in [0.1, 0.15) is 72.1 Å². The summed E-state index contributed by atoms with van der Waals surface area (Å²) >= 11 is 0. The first kappa shape index (κ1) is 21.1. The maximum Gasteiger partial charge on any atom is 0.325 e. The van der Waals surface area contributed by atoms with Gasteiger partial charge < -0.3 is 16.4 Å². The monoisotopic (exact) mass is 392 g/mol. The molecule has 1 spiro atoms. The molecule has 2 saturated carbocycles. The smallest absolute Gasteiger partial charge is 0.325 e. The van der Waals surface area contributed by atoms with E-state index in [4.69, 9.17) is 5.73 Å². The molecule has 3 aliphatic rings. The van der Waals surface area contributed by atoms with Gasteiger partial charge in [-0.05, 0) is 62.3 Å². The molecule has 2 unspecified atom stereocenters. The molecule has 3 fully saturated rings. The SMILES string of the molecule is CC(C)(C)C1CCC2(CC1)NC(=O)N(CC(=O)NC1CCCCC1CN)C2=O. The normalized spacial score (nSPS) is 33.9. The van der Waals surface area contributed by atoms with Gasteiger partial charge in [0.2, 0.25) is 5.91 Å². The summed E-state index contributed by atoms with van der Waals surface area (Å²) in [6, 6.07) is -0.392. The van der Waals surface area contributed by atoms with Crippen LogP contribution in [0.3, 0.4) is 0 Å². The van der Waals surface area contributed by atoms with Crippen LogP contribution in [0.15, 0.2) is 0 Å². The quantitative estimate of drug-likeness (QED) is 0.638. The molecule has 4 amide bonds. The molecule has 0 radical (unpaired) electrons. The zero-order valence-corrected chi connectivity index (χ0v) is 17.6. The Kier molecular flexibility index (Phi) is 6.03. The van der Waals surface area contributed by atoms with E-state index in [9.17, 15) is 14.4 Å². The third kappa shape index (κ3) is 4.19. The van der Waals surface area contributed by atoms with Gasteiger partial charge in [0.25, 0.3) is 5.91 Å². The van der Waals surface area contributed by atoms with Crippen molar-refractivity contribution in [2.75, 3.05) is 13.1 Å². The van der Waals surface area contributed by atoms with E-state index in [0.29, 0.717) is 25.3 Å². The molecule has 2 aliphatic carbocycles. The maximum absolute atomic E-state index is 13.0. The topological polar surface area (TPSA) is 105 Å². The zero-order chi connectivity index (χ0) is 20.5. The van der Waals surface area contributed by atoms with E-state index in [1.807, 2.05) is 0 Å². The Morgan fingerprint density at radius 1 is 1.18 bits per heavy atom. The lowest BCUT2D eigenvalue weighted by atomic mass is 9.67. The number of amides is 4. The molecule has 1 heterocycles. The number of imide groups is 1. The molecule has 3 rings (SSSR count). The average Bonchev–Trinajstić information content (AvgIpc) is 2.86. The number of nitrogens with two attached hydrogens (primary N) is 1. The van der Waals surface area contributed by atoms with Crippen molar-refractivity contribution >= 4 is 17.8 Å². The van der Waals surface area contributed by atoms with E-state index in [0.717, 1.165) is 43.4 Å². The molecule has 4 N–H and O–H groups in total. The summed E-state index contributed by atoms with van der Waals surface area (Å²) in [4.78, 5) is 39.2. The fourth-order valence-electron chi connectivity index (χ4n) is 5.21. The zero-order valence-electron chi connectivity index (χ0n) is 17.6. The summed E-state index contributed by atoms with van der Waals surface area (Å²) < 4.78 is 0. The first-order valence-corrected chi connectivity index (χ1v) is 10.8. The van der Waals surface area contributed by atoms with E-state index in [1.165, 1.54) is 0 Å². The van der Waals surface area contributed by atoms with Crippen molar-refractivity contribution < 1.29 is 14.4 Å². The van der Waals surface area contributed by atoms with Gasteiger partial charge in [-0.25, -0.2) is 4.79 Å². The molecule has 0 aromatic heterocycles. The second-order valence-corrected chi connectivity index (χ2v) is 10.00. The Hall–Kier alpha value is -1.63. The number of rotatable bonds is 4. The largest absolute Gasteiger partial charge is 0.351 e. The Morgan fingerprint density at radius 3 is 2.43 bits per heavy atom. The summed E-state index contributed by atoms with van der Waals surface area (Å²) in [7, 11) is 0. The van der Waals surface area contributed by atoms with Gasteiger partial charge in [-0.2, -0.15) is 0 Å². The number of hydrogen-bond donors (Lipinski definition) is 3. The van der Waals surface area contributed by atoms with Gasteiger partial charge in [0.1, 0.15) is 12.1 Å². The number of carbonyl (C=O) groups is 3. The highest BCUT2D eigenvalue weighted by molar-refractivity contribution is 6.09. The molecule has 158 valence electrons. The molecule has 1 saturated heterocycles. The Labute approximate surface area is 168 Å². The van der Waals surface area contributed by atoms with Gasteiger partial charge in [-0.1, -0.05) is 33.6 Å². The minimum absolute atomic E-state index is 0.0446. The molecule has 2 atom stereocenters. The van der Waals surface area contributed by atoms with Crippen LogP contribution in [0, 0.1) is 17.3 Å². The van der Waals surface area contributed by atoms with Crippen LogP contribution in [0.2, 0.25) is 0 Å². The first-order valence-electron chi connectivity index (χ1n) is 10.8. The second kappa shape index (κ2) is 8.01. The third-order valence-electron chi connectivity index (χ3n) is 7.17. The molecule has 0 aromatic rings. The molecule has 7 nitrogen and oxygen atoms in total. The van der Waals surface area contributed by atoms with E-state index >= 15 is 0 Å². The Morgan fingerprint density at radius 2 is 1.82 bits per heavy atom. The standard InChI is InChI=1S/C21H36N4O3/c1-20(2,3)15-8-10-21(11-9-15)18(27)25(19(28)24-21)13-17(26)23-16-7-5-4-6-14(16)12-22/h14-16H,4-13,22H2,1-3H3,(H,23,26)(H,24,28). The lowest BCUT2D eigenvalue weighted by Crippen LogP contribution is -2.51. The van der Waals surface area contributed by atoms with E-state index in [1.54, 1.807) is 0 Å². The minimum atomic E-state index is -0.816. The third-order valence-corrected chi connectivity index (χ3v) is 7.17. The van der Waals surface area contributed by atoms with Crippen LogP contribution in [0.25, 0.3) is 0 Å². The van der Waals surface area contributed by atoms with E-state index in [-0.39, 0.29) is 35.7 Å². The Bertz CT molecular complexity index is 620. The van der Waals surface area contributed by atoms with Gasteiger partial charge in [0.05, 0.1) is 0 Å². The highest BCUT2D eigenvalue weighted by Gasteiger charge is 2.53. The summed E-state index contributed by atoms with van der Waals surface area (Å²) in [6.07, 6.45) is 7.26. The maximum atomic E-state index is 13.0. The average molecular weight is 393 g/mol. The van der Waals surface area contributed by atoms with Crippen LogP contribution in [-0.2, 0) is 9.59 Å². The number of urea groups is 1. The van der Waals surface area contributed by atoms with Gasteiger partial charge >= 0.3 is 6.03 Å². The van der Waals surface area contributed by atoms with Gasteiger partial charge in [-0.15, -0.1) is 0 Å². The molecule has 7 heteroatoms. The number of nitrogens with zero attached hydrogens (tertiary/aromatic N) is 1. The first-order chi connectivity index (χ1) is 13.2. The fraction of sp³-hybridized carbons (Fsp3) is 0.857. The van der Waals surface area contributed by atoms with Gasteiger partial charge in [-0.3, -0.25) is 14.5 Å². The van der Waals surface area contributed by atoms with Crippen LogP contribution in [-0.4, -0.2) is 47.4 Å². The lowest BCUT2D eigenvalue weighted by Gasteiger charge is -2.40. The van der Waals surface area contributed by atoms with E-state index < -0.39 is 11.6 Å². The predicted octanol–water partition coefficient (Wildman–Crippen LogP) is 2.15. The van der Waals surface area contributed by atoms with Gasteiger partial charge in [0.15, 0.2) is 0 Å². The highest BCUT2D eigenvalue weighted by atomic mass is 16.2. The summed E-state index contributed by atoms with van der Waals surface area (Å²) in [5.41, 5.74) is 5.22. The number of nitrogens with one attached hydrogen (secondary N) is 2.